The van der Waals surface area contributed by atoms with Gasteiger partial charge in [0.1, 0.15) is 21.7 Å². The molecule has 4 heteroatoms. The SMILES string of the molecule is CCN(CC)c1ccc2c(c1)[Si](C)(C)C1=CC(=[N+](C)CC)C=CC1=N2. The van der Waals surface area contributed by atoms with Crippen molar-refractivity contribution in [2.75, 3.05) is 31.6 Å². The first-order chi connectivity index (χ1) is 11.9. The van der Waals surface area contributed by atoms with Crippen LogP contribution in [0.1, 0.15) is 20.8 Å². The summed E-state index contributed by atoms with van der Waals surface area (Å²) < 4.78 is 2.30. The zero-order chi connectivity index (χ0) is 18.2. The van der Waals surface area contributed by atoms with Crippen LogP contribution in [0.25, 0.3) is 0 Å². The first kappa shape index (κ1) is 17.9. The molecule has 0 bridgehead atoms. The zero-order valence-electron chi connectivity index (χ0n) is 16.4. The lowest BCUT2D eigenvalue weighted by Crippen LogP contribution is -2.49. The monoisotopic (exact) mass is 352 g/mol. The lowest BCUT2D eigenvalue weighted by atomic mass is 10.1. The largest absolute Gasteiger partial charge is 0.372 e. The van der Waals surface area contributed by atoms with Crippen LogP contribution in [-0.2, 0) is 0 Å². The van der Waals surface area contributed by atoms with Crippen LogP contribution < -0.4 is 10.1 Å². The van der Waals surface area contributed by atoms with Crippen molar-refractivity contribution >= 4 is 36.1 Å². The van der Waals surface area contributed by atoms with Gasteiger partial charge < -0.3 is 4.90 Å². The second-order valence-electron chi connectivity index (χ2n) is 7.33. The first-order valence-electron chi connectivity index (χ1n) is 9.39. The average Bonchev–Trinajstić information content (AvgIpc) is 2.62. The van der Waals surface area contributed by atoms with Crippen LogP contribution in [-0.4, -0.2) is 50.8 Å². The number of aliphatic imine (C=N–C) groups is 1. The highest BCUT2D eigenvalue weighted by Crippen LogP contribution is 2.32. The van der Waals surface area contributed by atoms with E-state index >= 15 is 0 Å². The molecule has 1 aliphatic heterocycles. The summed E-state index contributed by atoms with van der Waals surface area (Å²) in [5.41, 5.74) is 4.94. The summed E-state index contributed by atoms with van der Waals surface area (Å²) >= 11 is 0. The van der Waals surface area contributed by atoms with E-state index in [0.29, 0.717) is 0 Å². The number of allylic oxidation sites excluding steroid dienone is 4. The number of hydrogen-bond donors (Lipinski definition) is 0. The van der Waals surface area contributed by atoms with E-state index in [4.69, 9.17) is 4.99 Å². The second kappa shape index (κ2) is 6.75. The summed E-state index contributed by atoms with van der Waals surface area (Å²) in [5, 5.41) is 2.91. The predicted octanol–water partition coefficient (Wildman–Crippen LogP) is 3.67. The number of fused-ring (bicyclic) bond motifs is 2. The summed E-state index contributed by atoms with van der Waals surface area (Å²) in [4.78, 5) is 7.40. The predicted molar refractivity (Wildman–Crippen MR) is 113 cm³/mol. The maximum atomic E-state index is 4.98. The average molecular weight is 353 g/mol. The van der Waals surface area contributed by atoms with Crippen LogP contribution in [0.4, 0.5) is 11.4 Å². The van der Waals surface area contributed by atoms with Crippen molar-refractivity contribution in [3.8, 4) is 0 Å². The molecule has 1 aromatic rings. The molecule has 1 heterocycles. The van der Waals surface area contributed by atoms with Gasteiger partial charge in [-0.1, -0.05) is 13.1 Å². The molecule has 0 aromatic heterocycles. The molecule has 2 aliphatic rings. The second-order valence-corrected chi connectivity index (χ2v) is 11.7. The summed E-state index contributed by atoms with van der Waals surface area (Å²) in [6, 6.07) is 6.84. The van der Waals surface area contributed by atoms with Gasteiger partial charge in [0.2, 0.25) is 0 Å². The fraction of sp³-hybridized carbons (Fsp3) is 0.429. The van der Waals surface area contributed by atoms with Crippen LogP contribution in [0, 0.1) is 0 Å². The lowest BCUT2D eigenvalue weighted by Gasteiger charge is -2.34. The molecule has 0 saturated carbocycles. The molecule has 0 saturated heterocycles. The van der Waals surface area contributed by atoms with Gasteiger partial charge in [0.15, 0.2) is 5.71 Å². The fourth-order valence-electron chi connectivity index (χ4n) is 3.72. The molecule has 0 radical (unpaired) electrons. The Hall–Kier alpha value is -1.94. The highest BCUT2D eigenvalue weighted by atomic mass is 28.3. The molecule has 0 N–H and O–H groups in total. The molecule has 25 heavy (non-hydrogen) atoms. The van der Waals surface area contributed by atoms with Gasteiger partial charge in [0, 0.05) is 30.9 Å². The summed E-state index contributed by atoms with van der Waals surface area (Å²) in [6.45, 7) is 14.6. The van der Waals surface area contributed by atoms with E-state index in [1.807, 2.05) is 0 Å². The van der Waals surface area contributed by atoms with Crippen molar-refractivity contribution in [1.82, 2.24) is 0 Å². The van der Waals surface area contributed by atoms with E-state index in [2.05, 4.69) is 86.8 Å². The molecule has 3 nitrogen and oxygen atoms in total. The van der Waals surface area contributed by atoms with E-state index in [0.717, 1.165) is 31.0 Å². The minimum absolute atomic E-state index is 1.01. The number of benzene rings is 1. The summed E-state index contributed by atoms with van der Waals surface area (Å²) in [6.07, 6.45) is 6.78. The van der Waals surface area contributed by atoms with Gasteiger partial charge in [0.25, 0.3) is 0 Å². The van der Waals surface area contributed by atoms with Crippen molar-refractivity contribution in [3.63, 3.8) is 0 Å². The number of rotatable bonds is 4. The third kappa shape index (κ3) is 3.04. The zero-order valence-corrected chi connectivity index (χ0v) is 17.4. The quantitative estimate of drug-likeness (QED) is 0.459. The standard InChI is InChI=1S/C21H30N3Si/c1-7-23(4)16-10-12-18-20(14-16)25(5,6)21-15-17(24(8-2)9-3)11-13-19(21)22-18/h10-15H,7-9H2,1-6H3/q+1. The Balaban J connectivity index is 2.15. The molecule has 1 aromatic carbocycles. The van der Waals surface area contributed by atoms with E-state index < -0.39 is 8.07 Å². The highest BCUT2D eigenvalue weighted by Gasteiger charge is 2.38. The molecule has 0 fully saturated rings. The summed E-state index contributed by atoms with van der Waals surface area (Å²) in [7, 11) is 0.384. The third-order valence-corrected chi connectivity index (χ3v) is 9.09. The van der Waals surface area contributed by atoms with Crippen LogP contribution >= 0.6 is 0 Å². The van der Waals surface area contributed by atoms with Gasteiger partial charge in [-0.3, -0.25) is 0 Å². The Morgan fingerprint density at radius 3 is 2.44 bits per heavy atom. The molecule has 0 amide bonds. The molecular weight excluding hydrogens is 322 g/mol. The number of anilines is 1. The Labute approximate surface area is 153 Å². The van der Waals surface area contributed by atoms with Gasteiger partial charge in [-0.25, -0.2) is 9.57 Å². The summed E-state index contributed by atoms with van der Waals surface area (Å²) in [5.74, 6) is 0. The fourth-order valence-corrected chi connectivity index (χ4v) is 6.59. The first-order valence-corrected chi connectivity index (χ1v) is 12.4. The Morgan fingerprint density at radius 2 is 1.80 bits per heavy atom. The molecular formula is C21H30N3Si+. The highest BCUT2D eigenvalue weighted by molar-refractivity contribution is 7.01. The molecule has 3 rings (SSSR count). The maximum absolute atomic E-state index is 4.98. The lowest BCUT2D eigenvalue weighted by molar-refractivity contribution is -0.491. The van der Waals surface area contributed by atoms with E-state index in [1.165, 1.54) is 21.8 Å². The minimum atomic E-state index is -1.77. The molecule has 0 spiro atoms. The van der Waals surface area contributed by atoms with Crippen molar-refractivity contribution < 1.29 is 4.58 Å². The van der Waals surface area contributed by atoms with E-state index in [-0.39, 0.29) is 0 Å². The van der Waals surface area contributed by atoms with Crippen molar-refractivity contribution in [2.45, 2.75) is 33.9 Å². The van der Waals surface area contributed by atoms with Gasteiger partial charge in [-0.05, 0) is 55.4 Å². The smallest absolute Gasteiger partial charge is 0.199 e. The van der Waals surface area contributed by atoms with Crippen molar-refractivity contribution in [1.29, 1.82) is 0 Å². The van der Waals surface area contributed by atoms with Gasteiger partial charge >= 0.3 is 0 Å². The molecule has 1 aliphatic carbocycles. The molecule has 0 atom stereocenters. The van der Waals surface area contributed by atoms with Crippen LogP contribution in [0.5, 0.6) is 0 Å². The Morgan fingerprint density at radius 1 is 1.08 bits per heavy atom. The Bertz CT molecular complexity index is 808. The third-order valence-electron chi connectivity index (χ3n) is 5.59. The van der Waals surface area contributed by atoms with Gasteiger partial charge in [-0.2, -0.15) is 0 Å². The van der Waals surface area contributed by atoms with Crippen LogP contribution in [0.3, 0.4) is 0 Å². The van der Waals surface area contributed by atoms with E-state index in [1.54, 1.807) is 0 Å². The number of nitrogens with zero attached hydrogens (tertiary/aromatic N) is 3. The van der Waals surface area contributed by atoms with Crippen LogP contribution in [0.2, 0.25) is 13.1 Å². The van der Waals surface area contributed by atoms with Gasteiger partial charge in [-0.15, -0.1) is 0 Å². The van der Waals surface area contributed by atoms with Crippen LogP contribution in [0.15, 0.2) is 46.6 Å². The maximum Gasteiger partial charge on any atom is 0.199 e. The van der Waals surface area contributed by atoms with Crippen molar-refractivity contribution in [2.24, 2.45) is 4.99 Å². The topological polar surface area (TPSA) is 18.6 Å². The normalized spacial score (nSPS) is 19.6. The van der Waals surface area contributed by atoms with Crippen molar-refractivity contribution in [3.05, 3.63) is 41.6 Å². The van der Waals surface area contributed by atoms with E-state index in [9.17, 15) is 0 Å². The van der Waals surface area contributed by atoms with Gasteiger partial charge in [0.05, 0.1) is 11.4 Å². The minimum Gasteiger partial charge on any atom is -0.372 e. The Kier molecular flexibility index (Phi) is 4.83. The molecule has 0 unspecified atom stereocenters. The number of hydrogen-bond acceptors (Lipinski definition) is 2. The molecule has 132 valence electrons.